The molecular formula is C25H27ClN2O2S. The van der Waals surface area contributed by atoms with Crippen molar-refractivity contribution in [3.63, 3.8) is 0 Å². The number of hydrogen-bond acceptors (Lipinski definition) is 3. The number of rotatable bonds is 10. The Morgan fingerprint density at radius 1 is 1.03 bits per heavy atom. The van der Waals surface area contributed by atoms with Crippen molar-refractivity contribution < 1.29 is 8.42 Å². The summed E-state index contributed by atoms with van der Waals surface area (Å²) in [6.45, 7) is 2.51. The molecule has 1 N–H and O–H groups in total. The number of pyridine rings is 1. The number of hydrogen-bond donors (Lipinski definition) is 1. The quantitative estimate of drug-likeness (QED) is 0.389. The van der Waals surface area contributed by atoms with Gasteiger partial charge >= 0.3 is 0 Å². The average Bonchev–Trinajstić information content (AvgIpc) is 2.78. The first-order chi connectivity index (χ1) is 15.0. The van der Waals surface area contributed by atoms with Crippen LogP contribution in [0.1, 0.15) is 42.9 Å². The van der Waals surface area contributed by atoms with Gasteiger partial charge in [-0.25, -0.2) is 13.1 Å². The third kappa shape index (κ3) is 6.76. The number of nitrogens with one attached hydrogen (secondary N) is 1. The van der Waals surface area contributed by atoms with Crippen molar-refractivity contribution in [3.8, 4) is 0 Å². The maximum absolute atomic E-state index is 12.4. The van der Waals surface area contributed by atoms with Crippen LogP contribution in [0.3, 0.4) is 0 Å². The first-order valence-electron chi connectivity index (χ1n) is 10.4. The lowest BCUT2D eigenvalue weighted by Crippen LogP contribution is -2.25. The third-order valence-corrected chi connectivity index (χ3v) is 6.70. The van der Waals surface area contributed by atoms with Gasteiger partial charge in [-0.1, -0.05) is 67.8 Å². The second kappa shape index (κ2) is 11.2. The molecular weight excluding hydrogens is 428 g/mol. The molecule has 2 aromatic carbocycles. The van der Waals surface area contributed by atoms with Crippen LogP contribution >= 0.6 is 11.6 Å². The highest BCUT2D eigenvalue weighted by Crippen LogP contribution is 2.24. The van der Waals surface area contributed by atoms with Crippen molar-refractivity contribution in [2.24, 2.45) is 0 Å². The van der Waals surface area contributed by atoms with Crippen LogP contribution in [0.5, 0.6) is 0 Å². The fourth-order valence-corrected chi connectivity index (χ4v) is 4.41. The molecule has 1 heterocycles. The van der Waals surface area contributed by atoms with Crippen LogP contribution < -0.4 is 4.72 Å². The van der Waals surface area contributed by atoms with Gasteiger partial charge in [-0.2, -0.15) is 0 Å². The summed E-state index contributed by atoms with van der Waals surface area (Å²) in [5.41, 5.74) is 4.48. The summed E-state index contributed by atoms with van der Waals surface area (Å²) in [7, 11) is -3.54. The number of sulfonamides is 1. The van der Waals surface area contributed by atoms with Gasteiger partial charge in [0.1, 0.15) is 0 Å². The molecule has 0 saturated heterocycles. The molecule has 0 saturated carbocycles. The van der Waals surface area contributed by atoms with Crippen molar-refractivity contribution in [3.05, 3.63) is 101 Å². The van der Waals surface area contributed by atoms with Crippen LogP contribution in [0.4, 0.5) is 0 Å². The fraction of sp³-hybridized carbons (Fsp3) is 0.240. The summed E-state index contributed by atoms with van der Waals surface area (Å²) < 4.78 is 27.4. The molecule has 1 aromatic heterocycles. The van der Waals surface area contributed by atoms with Crippen molar-refractivity contribution in [2.45, 2.75) is 37.5 Å². The standard InChI is InChI=1S/C25H27ClN2O2S/c1-2-3-4-7-25(22-6-5-17-27-19-22)21-10-8-20(9-11-21)16-18-28-31(29,30)24-14-12-23(26)13-15-24/h5-15,17,19,28H,2-4,16,18H2,1H3. The minimum atomic E-state index is -3.54. The average molecular weight is 455 g/mol. The lowest BCUT2D eigenvalue weighted by atomic mass is 9.96. The minimum Gasteiger partial charge on any atom is -0.264 e. The predicted octanol–water partition coefficient (Wildman–Crippen LogP) is 5.88. The SMILES string of the molecule is CCCCC=C(c1ccc(CCNS(=O)(=O)c2ccc(Cl)cc2)cc1)c1cccnc1. The molecule has 6 heteroatoms. The van der Waals surface area contributed by atoms with Crippen LogP contribution in [0.2, 0.25) is 5.02 Å². The van der Waals surface area contributed by atoms with Gasteiger partial charge in [-0.3, -0.25) is 4.98 Å². The summed E-state index contributed by atoms with van der Waals surface area (Å²) in [5.74, 6) is 0. The molecule has 0 atom stereocenters. The van der Waals surface area contributed by atoms with E-state index in [0.29, 0.717) is 18.0 Å². The van der Waals surface area contributed by atoms with E-state index in [1.54, 1.807) is 18.3 Å². The lowest BCUT2D eigenvalue weighted by Gasteiger charge is -2.10. The van der Waals surface area contributed by atoms with Gasteiger partial charge in [0.25, 0.3) is 0 Å². The summed E-state index contributed by atoms with van der Waals surface area (Å²) in [6, 6.07) is 18.5. The van der Waals surface area contributed by atoms with Crippen LogP contribution in [0.25, 0.3) is 5.57 Å². The van der Waals surface area contributed by atoms with Gasteiger partial charge in [0.2, 0.25) is 10.0 Å². The Morgan fingerprint density at radius 2 is 1.77 bits per heavy atom. The molecule has 0 spiro atoms. The number of benzene rings is 2. The molecule has 4 nitrogen and oxygen atoms in total. The van der Waals surface area contributed by atoms with E-state index < -0.39 is 10.0 Å². The number of halogens is 1. The maximum Gasteiger partial charge on any atom is 0.240 e. The molecule has 31 heavy (non-hydrogen) atoms. The zero-order chi connectivity index (χ0) is 22.1. The molecule has 0 bridgehead atoms. The molecule has 0 aliphatic heterocycles. The van der Waals surface area contributed by atoms with Crippen molar-refractivity contribution >= 4 is 27.2 Å². The number of unbranched alkanes of at least 4 members (excludes halogenated alkanes) is 2. The summed E-state index contributed by atoms with van der Waals surface area (Å²) in [5, 5.41) is 0.508. The van der Waals surface area contributed by atoms with E-state index in [9.17, 15) is 8.42 Å². The Labute approximate surface area is 190 Å². The Morgan fingerprint density at radius 3 is 2.42 bits per heavy atom. The van der Waals surface area contributed by atoms with Crippen molar-refractivity contribution in [1.29, 1.82) is 0 Å². The highest BCUT2D eigenvalue weighted by molar-refractivity contribution is 7.89. The summed E-state index contributed by atoms with van der Waals surface area (Å²) >= 11 is 5.83. The topological polar surface area (TPSA) is 59.1 Å². The second-order valence-electron chi connectivity index (χ2n) is 7.30. The Bertz CT molecular complexity index is 1090. The van der Waals surface area contributed by atoms with Crippen LogP contribution in [-0.4, -0.2) is 19.9 Å². The largest absolute Gasteiger partial charge is 0.264 e. The van der Waals surface area contributed by atoms with Gasteiger partial charge < -0.3 is 0 Å². The van der Waals surface area contributed by atoms with Gasteiger partial charge in [-0.05, 0) is 59.9 Å². The number of aromatic nitrogens is 1. The molecule has 3 aromatic rings. The summed E-state index contributed by atoms with van der Waals surface area (Å²) in [6.07, 6.45) is 9.87. The van der Waals surface area contributed by atoms with Crippen LogP contribution in [-0.2, 0) is 16.4 Å². The molecule has 0 aliphatic rings. The van der Waals surface area contributed by atoms with E-state index in [-0.39, 0.29) is 4.90 Å². The first kappa shape index (κ1) is 23.2. The molecule has 162 valence electrons. The number of nitrogens with zero attached hydrogens (tertiary/aromatic N) is 1. The summed E-state index contributed by atoms with van der Waals surface area (Å²) in [4.78, 5) is 4.47. The predicted molar refractivity (Wildman–Crippen MR) is 128 cm³/mol. The Balaban J connectivity index is 1.66. The maximum atomic E-state index is 12.4. The molecule has 0 unspecified atom stereocenters. The van der Waals surface area contributed by atoms with E-state index in [4.69, 9.17) is 11.6 Å². The molecule has 0 amide bonds. The Hall–Kier alpha value is -2.47. The minimum absolute atomic E-state index is 0.213. The van der Waals surface area contributed by atoms with E-state index in [1.807, 2.05) is 12.3 Å². The molecule has 0 aliphatic carbocycles. The van der Waals surface area contributed by atoms with Gasteiger partial charge in [0, 0.05) is 29.5 Å². The van der Waals surface area contributed by atoms with E-state index in [0.717, 1.165) is 36.0 Å². The smallest absolute Gasteiger partial charge is 0.240 e. The zero-order valence-corrected chi connectivity index (χ0v) is 19.2. The monoisotopic (exact) mass is 454 g/mol. The highest BCUT2D eigenvalue weighted by Gasteiger charge is 2.13. The zero-order valence-electron chi connectivity index (χ0n) is 17.6. The normalized spacial score (nSPS) is 12.1. The first-order valence-corrected chi connectivity index (χ1v) is 12.3. The molecule has 0 fully saturated rings. The Kier molecular flexibility index (Phi) is 8.41. The van der Waals surface area contributed by atoms with Gasteiger partial charge in [0.15, 0.2) is 0 Å². The second-order valence-corrected chi connectivity index (χ2v) is 9.50. The van der Waals surface area contributed by atoms with E-state index >= 15 is 0 Å². The van der Waals surface area contributed by atoms with Crippen molar-refractivity contribution in [2.75, 3.05) is 6.54 Å². The molecule has 3 rings (SSSR count). The van der Waals surface area contributed by atoms with Crippen LogP contribution in [0, 0.1) is 0 Å². The third-order valence-electron chi connectivity index (χ3n) is 4.97. The fourth-order valence-electron chi connectivity index (χ4n) is 3.25. The molecule has 0 radical (unpaired) electrons. The lowest BCUT2D eigenvalue weighted by molar-refractivity contribution is 0.581. The highest BCUT2D eigenvalue weighted by atomic mass is 35.5. The van der Waals surface area contributed by atoms with Crippen molar-refractivity contribution in [1.82, 2.24) is 9.71 Å². The number of allylic oxidation sites excluding steroid dienone is 1. The van der Waals surface area contributed by atoms with E-state index in [1.165, 1.54) is 17.7 Å². The van der Waals surface area contributed by atoms with Gasteiger partial charge in [0.05, 0.1) is 4.90 Å². The van der Waals surface area contributed by atoms with Crippen LogP contribution in [0.15, 0.2) is 84.0 Å². The van der Waals surface area contributed by atoms with Gasteiger partial charge in [-0.15, -0.1) is 0 Å². The van der Waals surface area contributed by atoms with E-state index in [2.05, 4.69) is 53.0 Å².